The van der Waals surface area contributed by atoms with Gasteiger partial charge in [-0.1, -0.05) is 63.4 Å². The van der Waals surface area contributed by atoms with Crippen molar-refractivity contribution in [3.8, 4) is 0 Å². The van der Waals surface area contributed by atoms with E-state index in [2.05, 4.69) is 44.2 Å². The van der Waals surface area contributed by atoms with Crippen LogP contribution >= 0.6 is 0 Å². The number of hydrogen-bond donors (Lipinski definition) is 0. The van der Waals surface area contributed by atoms with Crippen LogP contribution in [0.2, 0.25) is 0 Å². The van der Waals surface area contributed by atoms with Gasteiger partial charge in [0.25, 0.3) is 0 Å². The summed E-state index contributed by atoms with van der Waals surface area (Å²) >= 11 is 0. The molecule has 1 atom stereocenters. The third-order valence-electron chi connectivity index (χ3n) is 4.14. The Hall–Kier alpha value is -0.780. The Kier molecular flexibility index (Phi) is 4.04. The second kappa shape index (κ2) is 5.52. The normalized spacial score (nSPS) is 18.4. The molecular weight excluding hydrogens is 192 g/mol. The Labute approximate surface area is 100 Å². The monoisotopic (exact) mass is 216 g/mol. The zero-order valence-corrected chi connectivity index (χ0v) is 10.7. The average molecular weight is 216 g/mol. The molecule has 1 aliphatic carbocycles. The highest BCUT2D eigenvalue weighted by Gasteiger charge is 2.23. The van der Waals surface area contributed by atoms with E-state index in [1.54, 1.807) is 0 Å². The summed E-state index contributed by atoms with van der Waals surface area (Å²) in [6.07, 6.45) is 7.17. The topological polar surface area (TPSA) is 0 Å². The van der Waals surface area contributed by atoms with Gasteiger partial charge in [0.05, 0.1) is 0 Å². The lowest BCUT2D eigenvalue weighted by Crippen LogP contribution is -2.21. The Bertz CT molecular complexity index is 295. The van der Waals surface area contributed by atoms with E-state index in [0.29, 0.717) is 0 Å². The van der Waals surface area contributed by atoms with Gasteiger partial charge in [0.15, 0.2) is 0 Å². The van der Waals surface area contributed by atoms with Crippen LogP contribution in [0.3, 0.4) is 0 Å². The highest BCUT2D eigenvalue weighted by molar-refractivity contribution is 5.15. The highest BCUT2D eigenvalue weighted by Crippen LogP contribution is 2.35. The summed E-state index contributed by atoms with van der Waals surface area (Å²) in [6.45, 7) is 4.76. The quantitative estimate of drug-likeness (QED) is 0.669. The molecule has 0 N–H and O–H groups in total. The molecule has 0 amide bonds. The van der Waals surface area contributed by atoms with Gasteiger partial charge in [-0.05, 0) is 36.2 Å². The van der Waals surface area contributed by atoms with Crippen LogP contribution in [-0.2, 0) is 6.42 Å². The van der Waals surface area contributed by atoms with Crippen LogP contribution in [-0.4, -0.2) is 0 Å². The van der Waals surface area contributed by atoms with Crippen LogP contribution in [0.1, 0.15) is 45.1 Å². The lowest BCUT2D eigenvalue weighted by atomic mass is 9.74. The predicted octanol–water partition coefficient (Wildman–Crippen LogP) is 4.69. The van der Waals surface area contributed by atoms with Gasteiger partial charge in [-0.15, -0.1) is 0 Å². The third-order valence-corrected chi connectivity index (χ3v) is 4.14. The number of benzene rings is 1. The molecule has 16 heavy (non-hydrogen) atoms. The predicted molar refractivity (Wildman–Crippen MR) is 70.4 cm³/mol. The molecule has 1 aliphatic rings. The smallest absolute Gasteiger partial charge is 0.0248 e. The molecular formula is C16H24. The molecule has 0 bridgehead atoms. The number of rotatable bonds is 5. The molecule has 0 nitrogen and oxygen atoms in total. The van der Waals surface area contributed by atoms with E-state index in [-0.39, 0.29) is 0 Å². The van der Waals surface area contributed by atoms with Crippen LogP contribution in [0.25, 0.3) is 0 Å². The van der Waals surface area contributed by atoms with Crippen LogP contribution in [0, 0.1) is 17.8 Å². The van der Waals surface area contributed by atoms with E-state index >= 15 is 0 Å². The first-order valence-corrected chi connectivity index (χ1v) is 6.79. The molecule has 1 saturated carbocycles. The molecule has 1 aromatic rings. The molecule has 0 heteroatoms. The molecule has 2 rings (SSSR count). The van der Waals surface area contributed by atoms with Crippen LogP contribution in [0.5, 0.6) is 0 Å². The third kappa shape index (κ3) is 3.10. The fourth-order valence-electron chi connectivity index (χ4n) is 2.66. The van der Waals surface area contributed by atoms with Crippen molar-refractivity contribution in [2.24, 2.45) is 17.8 Å². The lowest BCUT2D eigenvalue weighted by Gasteiger charge is -2.31. The van der Waals surface area contributed by atoms with Crippen molar-refractivity contribution in [1.82, 2.24) is 0 Å². The molecule has 0 aromatic heterocycles. The molecule has 0 radical (unpaired) electrons. The Morgan fingerprint density at radius 3 is 2.31 bits per heavy atom. The van der Waals surface area contributed by atoms with Crippen LogP contribution in [0.15, 0.2) is 30.3 Å². The van der Waals surface area contributed by atoms with Gasteiger partial charge in [0, 0.05) is 0 Å². The molecule has 1 fully saturated rings. The Morgan fingerprint density at radius 2 is 1.81 bits per heavy atom. The van der Waals surface area contributed by atoms with Gasteiger partial charge in [-0.3, -0.25) is 0 Å². The van der Waals surface area contributed by atoms with Gasteiger partial charge < -0.3 is 0 Å². The van der Waals surface area contributed by atoms with Crippen LogP contribution < -0.4 is 0 Å². The average Bonchev–Trinajstić information content (AvgIpc) is 2.22. The molecule has 0 aliphatic heterocycles. The van der Waals surface area contributed by atoms with Gasteiger partial charge in [0.2, 0.25) is 0 Å². The van der Waals surface area contributed by atoms with Gasteiger partial charge >= 0.3 is 0 Å². The second-order valence-corrected chi connectivity index (χ2v) is 5.73. The molecule has 0 spiro atoms. The molecule has 88 valence electrons. The Morgan fingerprint density at radius 1 is 1.12 bits per heavy atom. The summed E-state index contributed by atoms with van der Waals surface area (Å²) in [5.74, 6) is 2.74. The minimum Gasteiger partial charge on any atom is -0.0625 e. The summed E-state index contributed by atoms with van der Waals surface area (Å²) in [5.41, 5.74) is 1.51. The van der Waals surface area contributed by atoms with Gasteiger partial charge in [-0.25, -0.2) is 0 Å². The minimum absolute atomic E-state index is 0.820. The summed E-state index contributed by atoms with van der Waals surface area (Å²) in [5, 5.41) is 0. The van der Waals surface area contributed by atoms with Gasteiger partial charge in [0.1, 0.15) is 0 Å². The van der Waals surface area contributed by atoms with Crippen molar-refractivity contribution in [2.45, 2.75) is 46.0 Å². The Balaban J connectivity index is 1.91. The maximum atomic E-state index is 2.38. The molecule has 1 unspecified atom stereocenters. The molecule has 0 heterocycles. The fourth-order valence-corrected chi connectivity index (χ4v) is 2.66. The van der Waals surface area contributed by atoms with E-state index in [9.17, 15) is 0 Å². The largest absolute Gasteiger partial charge is 0.0625 e. The maximum Gasteiger partial charge on any atom is -0.0248 e. The summed E-state index contributed by atoms with van der Waals surface area (Å²) in [6, 6.07) is 11.0. The van der Waals surface area contributed by atoms with Crippen molar-refractivity contribution in [3.63, 3.8) is 0 Å². The second-order valence-electron chi connectivity index (χ2n) is 5.73. The fraction of sp³-hybridized carbons (Fsp3) is 0.625. The minimum atomic E-state index is 0.820. The first-order chi connectivity index (χ1) is 7.75. The standard InChI is InChI=1S/C16H24/c1-13(2)16(12-15-9-6-10-15)11-14-7-4-3-5-8-14/h3-5,7-8,13,15-16H,6,9-12H2,1-2H3. The zero-order valence-electron chi connectivity index (χ0n) is 10.7. The van der Waals surface area contributed by atoms with Gasteiger partial charge in [-0.2, -0.15) is 0 Å². The maximum absolute atomic E-state index is 2.38. The molecule has 0 saturated heterocycles. The van der Waals surface area contributed by atoms with Crippen molar-refractivity contribution in [3.05, 3.63) is 35.9 Å². The number of hydrogen-bond acceptors (Lipinski definition) is 0. The van der Waals surface area contributed by atoms with Crippen molar-refractivity contribution >= 4 is 0 Å². The van der Waals surface area contributed by atoms with E-state index in [4.69, 9.17) is 0 Å². The van der Waals surface area contributed by atoms with E-state index < -0.39 is 0 Å². The lowest BCUT2D eigenvalue weighted by molar-refractivity contribution is 0.215. The SMILES string of the molecule is CC(C)C(Cc1ccccc1)CC1CCC1. The van der Waals surface area contributed by atoms with Crippen LogP contribution in [0.4, 0.5) is 0 Å². The first-order valence-electron chi connectivity index (χ1n) is 6.79. The van der Waals surface area contributed by atoms with E-state index in [1.165, 1.54) is 37.7 Å². The summed E-state index contributed by atoms with van der Waals surface area (Å²) in [7, 11) is 0. The van der Waals surface area contributed by atoms with E-state index in [0.717, 1.165) is 17.8 Å². The first kappa shape index (κ1) is 11.7. The van der Waals surface area contributed by atoms with Crippen molar-refractivity contribution in [1.29, 1.82) is 0 Å². The highest BCUT2D eigenvalue weighted by atomic mass is 14.3. The summed E-state index contributed by atoms with van der Waals surface area (Å²) < 4.78 is 0. The van der Waals surface area contributed by atoms with E-state index in [1.807, 2.05) is 0 Å². The molecule has 1 aromatic carbocycles. The van der Waals surface area contributed by atoms with Crippen molar-refractivity contribution < 1.29 is 0 Å². The van der Waals surface area contributed by atoms with Crippen molar-refractivity contribution in [2.75, 3.05) is 0 Å². The summed E-state index contributed by atoms with van der Waals surface area (Å²) in [4.78, 5) is 0. The zero-order chi connectivity index (χ0) is 11.4.